The molecule has 0 heterocycles. The standard InChI is InChI=1S/C6H6O.3BF4.ClH.K.H/c7-6-4-2-1-3-5-6;3*2-1(3,4)5;;;/h1-5,7H;;;;1H;;/q;3*-1;;+1;-1. The summed E-state index contributed by atoms with van der Waals surface area (Å²) in [7, 11) is -18.0. The molecule has 0 atom stereocenters. The Morgan fingerprint density at radius 1 is 0.583 bits per heavy atom. The molecule has 142 valence electrons. The fourth-order valence-electron chi connectivity index (χ4n) is 0.428. The van der Waals surface area contributed by atoms with Gasteiger partial charge in [0.05, 0.1) is 0 Å². The number of hydrogen-bond donors (Lipinski definition) is 1. The third kappa shape index (κ3) is 147. The van der Waals surface area contributed by atoms with Crippen LogP contribution in [0.4, 0.5) is 51.8 Å². The Hall–Kier alpha value is 0.301. The molecule has 0 bridgehead atoms. The van der Waals surface area contributed by atoms with Gasteiger partial charge in [0, 0.05) is 0 Å². The second kappa shape index (κ2) is 16.8. The van der Waals surface area contributed by atoms with Crippen LogP contribution in [0.5, 0.6) is 5.75 Å². The van der Waals surface area contributed by atoms with Gasteiger partial charge in [0.15, 0.2) is 0 Å². The number of rotatable bonds is 0. The maximum Gasteiger partial charge on any atom is 1.00 e. The van der Waals surface area contributed by atoms with Crippen LogP contribution in [0.2, 0.25) is 0 Å². The number of hydrogen-bond acceptors (Lipinski definition) is 1. The van der Waals surface area contributed by atoms with Gasteiger partial charge in [-0.05, 0) is 12.1 Å². The SMILES string of the molecule is Cl.F[B-](F)(F)F.F[B-](F)(F)F.F[B-](F)(F)F.Oc1ccccc1.[H-].[K+]. The molecule has 0 aromatic heterocycles. The van der Waals surface area contributed by atoms with Gasteiger partial charge < -0.3 is 58.3 Å². The Morgan fingerprint density at radius 2 is 0.750 bits per heavy atom. The van der Waals surface area contributed by atoms with E-state index in [2.05, 4.69) is 0 Å². The van der Waals surface area contributed by atoms with E-state index in [1.165, 1.54) is 0 Å². The van der Waals surface area contributed by atoms with Crippen molar-refractivity contribution in [3.63, 3.8) is 0 Å². The van der Waals surface area contributed by atoms with Crippen LogP contribution in [-0.2, 0) is 0 Å². The molecule has 0 unspecified atom stereocenters. The maximum atomic E-state index is 9.75. The van der Waals surface area contributed by atoms with Crippen molar-refractivity contribution in [1.82, 2.24) is 0 Å². The predicted molar refractivity (Wildman–Crippen MR) is 67.0 cm³/mol. The van der Waals surface area contributed by atoms with Gasteiger partial charge in [-0.1, -0.05) is 18.2 Å². The zero-order valence-corrected chi connectivity index (χ0v) is 15.4. The van der Waals surface area contributed by atoms with Crippen molar-refractivity contribution in [2.45, 2.75) is 0 Å². The second-order valence-corrected chi connectivity index (χ2v) is 2.82. The van der Waals surface area contributed by atoms with Gasteiger partial charge in [-0.15, -0.1) is 12.4 Å². The van der Waals surface area contributed by atoms with Gasteiger partial charge in [0.25, 0.3) is 0 Å². The molecule has 1 N–H and O–H groups in total. The number of phenols is 1. The Balaban J connectivity index is -0.0000000470. The van der Waals surface area contributed by atoms with Crippen LogP contribution in [0.3, 0.4) is 0 Å². The molecule has 0 spiro atoms. The quantitative estimate of drug-likeness (QED) is 0.495. The molecule has 0 amide bonds. The van der Waals surface area contributed by atoms with Crippen LogP contribution in [-0.4, -0.2) is 26.9 Å². The molecule has 0 saturated carbocycles. The number of para-hydroxylation sites is 1. The summed E-state index contributed by atoms with van der Waals surface area (Å²) in [5, 5.41) is 8.63. The minimum absolute atomic E-state index is 0. The summed E-state index contributed by atoms with van der Waals surface area (Å²) in [4.78, 5) is 0. The van der Waals surface area contributed by atoms with Crippen LogP contribution >= 0.6 is 12.4 Å². The summed E-state index contributed by atoms with van der Waals surface area (Å²) in [5.41, 5.74) is 0. The average molecular weight is 431 g/mol. The molecule has 1 aromatic carbocycles. The molecule has 1 aromatic rings. The van der Waals surface area contributed by atoms with Crippen LogP contribution in [0, 0.1) is 0 Å². The molecule has 0 aliphatic heterocycles. The van der Waals surface area contributed by atoms with Crippen molar-refractivity contribution in [1.29, 1.82) is 0 Å². The molecular formula is C6H8B3ClF12KO-3. The van der Waals surface area contributed by atoms with Gasteiger partial charge >= 0.3 is 73.1 Å². The summed E-state index contributed by atoms with van der Waals surface area (Å²) in [6.07, 6.45) is 0. The van der Waals surface area contributed by atoms with Crippen LogP contribution in [0.25, 0.3) is 0 Å². The van der Waals surface area contributed by atoms with E-state index in [1.54, 1.807) is 24.3 Å². The molecule has 0 fully saturated rings. The zero-order chi connectivity index (χ0) is 18.6. The molecule has 1 nitrogen and oxygen atoms in total. The van der Waals surface area contributed by atoms with Crippen molar-refractivity contribution in [3.8, 4) is 5.75 Å². The Bertz CT molecular complexity index is 331. The van der Waals surface area contributed by atoms with Crippen molar-refractivity contribution in [2.24, 2.45) is 0 Å². The van der Waals surface area contributed by atoms with Gasteiger partial charge in [-0.25, -0.2) is 0 Å². The Kier molecular flexibility index (Phi) is 24.7. The van der Waals surface area contributed by atoms with Gasteiger partial charge in [0.2, 0.25) is 0 Å². The number of aromatic hydroxyl groups is 1. The van der Waals surface area contributed by atoms with Gasteiger partial charge in [0.1, 0.15) is 5.75 Å². The van der Waals surface area contributed by atoms with E-state index in [1.807, 2.05) is 6.07 Å². The summed E-state index contributed by atoms with van der Waals surface area (Å²) in [6.45, 7) is 0. The fraction of sp³-hybridized carbons (Fsp3) is 0. The average Bonchev–Trinajstić information content (AvgIpc) is 2.09. The first-order chi connectivity index (χ1) is 9.39. The minimum Gasteiger partial charge on any atom is -1.00 e. The van der Waals surface area contributed by atoms with E-state index >= 15 is 0 Å². The Morgan fingerprint density at radius 3 is 0.833 bits per heavy atom. The molecule has 18 heteroatoms. The zero-order valence-electron chi connectivity index (χ0n) is 12.5. The summed E-state index contributed by atoms with van der Waals surface area (Å²) in [6, 6.07) is 8.71. The van der Waals surface area contributed by atoms with Crippen LogP contribution in [0.1, 0.15) is 1.43 Å². The van der Waals surface area contributed by atoms with Crippen molar-refractivity contribution in [3.05, 3.63) is 30.3 Å². The van der Waals surface area contributed by atoms with E-state index in [9.17, 15) is 51.8 Å². The molecule has 0 radical (unpaired) electrons. The van der Waals surface area contributed by atoms with Crippen molar-refractivity contribution in [2.75, 3.05) is 0 Å². The topological polar surface area (TPSA) is 20.2 Å². The van der Waals surface area contributed by atoms with Gasteiger partial charge in [-0.3, -0.25) is 0 Å². The molecule has 0 saturated heterocycles. The second-order valence-electron chi connectivity index (χ2n) is 2.82. The summed E-state index contributed by atoms with van der Waals surface area (Å²) in [5.74, 6) is 0.322. The van der Waals surface area contributed by atoms with E-state index in [-0.39, 0.29) is 65.2 Å². The number of halogens is 13. The first kappa shape index (κ1) is 35.4. The third-order valence-corrected chi connectivity index (χ3v) is 0.756. The molecule has 0 aliphatic carbocycles. The van der Waals surface area contributed by atoms with Crippen molar-refractivity contribution < 1.29 is 110 Å². The first-order valence-corrected chi connectivity index (χ1v) is 4.75. The predicted octanol–water partition coefficient (Wildman–Crippen LogP) is 2.83. The smallest absolute Gasteiger partial charge is 1.00 e. The molecular weight excluding hydrogens is 423 g/mol. The van der Waals surface area contributed by atoms with E-state index < -0.39 is 21.8 Å². The molecule has 24 heavy (non-hydrogen) atoms. The Labute approximate surface area is 178 Å². The summed E-state index contributed by atoms with van der Waals surface area (Å²) >= 11 is 0. The molecule has 0 aliphatic rings. The minimum atomic E-state index is -6.00. The fourth-order valence-corrected chi connectivity index (χ4v) is 0.428. The molecule has 1 rings (SSSR count). The monoisotopic (exact) mass is 431 g/mol. The normalized spacial score (nSPS) is 10.0. The van der Waals surface area contributed by atoms with E-state index in [4.69, 9.17) is 5.11 Å². The first-order valence-electron chi connectivity index (χ1n) is 4.75. The van der Waals surface area contributed by atoms with E-state index in [0.29, 0.717) is 5.75 Å². The number of phenolic OH excluding ortho intramolecular Hbond substituents is 1. The van der Waals surface area contributed by atoms with Crippen molar-refractivity contribution >= 4 is 34.2 Å². The third-order valence-electron chi connectivity index (χ3n) is 0.756. The number of benzene rings is 1. The van der Waals surface area contributed by atoms with Crippen LogP contribution in [0.15, 0.2) is 30.3 Å². The maximum absolute atomic E-state index is 9.75. The summed E-state index contributed by atoms with van der Waals surface area (Å²) < 4.78 is 117. The van der Waals surface area contributed by atoms with E-state index in [0.717, 1.165) is 0 Å². The van der Waals surface area contributed by atoms with Crippen LogP contribution < -0.4 is 51.4 Å². The van der Waals surface area contributed by atoms with Gasteiger partial charge in [-0.2, -0.15) is 0 Å². The largest absolute Gasteiger partial charge is 1.00 e.